The highest BCUT2D eigenvalue weighted by molar-refractivity contribution is 6.04. The third-order valence-corrected chi connectivity index (χ3v) is 3.66. The Balaban J connectivity index is 2.11. The molecule has 3 nitrogen and oxygen atoms in total. The van der Waals surface area contributed by atoms with Crippen LogP contribution in [0.25, 0.3) is 22.0 Å². The number of hydrogen-bond donors (Lipinski definition) is 0. The molecule has 3 aromatic rings. The Bertz CT molecular complexity index is 903. The molecule has 6 heteroatoms. The number of nitrogens with zero attached hydrogens (tertiary/aromatic N) is 1. The number of benzene rings is 2. The van der Waals surface area contributed by atoms with E-state index in [2.05, 4.69) is 9.72 Å². The van der Waals surface area contributed by atoms with Crippen LogP contribution in [0.1, 0.15) is 15.9 Å². The van der Waals surface area contributed by atoms with E-state index in [1.807, 2.05) is 0 Å². The van der Waals surface area contributed by atoms with Crippen molar-refractivity contribution >= 4 is 17.2 Å². The molecule has 0 fully saturated rings. The maximum absolute atomic E-state index is 12.2. The van der Waals surface area contributed by atoms with Crippen molar-refractivity contribution < 1.29 is 22.7 Å². The van der Waals surface area contributed by atoms with Gasteiger partial charge in [0, 0.05) is 22.7 Å². The SMILES string of the molecule is Cc1cc(-c2ccc(OC(F)(F)F)cc2)c2ncccc2c1C=O. The summed E-state index contributed by atoms with van der Waals surface area (Å²) in [6.07, 6.45) is -2.34. The average Bonchev–Trinajstić information content (AvgIpc) is 2.53. The minimum atomic E-state index is -4.72. The molecule has 2 aromatic carbocycles. The fourth-order valence-electron chi connectivity index (χ4n) is 2.62. The molecule has 24 heavy (non-hydrogen) atoms. The number of pyridine rings is 1. The molecule has 0 saturated carbocycles. The maximum atomic E-state index is 12.2. The van der Waals surface area contributed by atoms with Crippen LogP contribution in [0.4, 0.5) is 13.2 Å². The molecule has 0 radical (unpaired) electrons. The van der Waals surface area contributed by atoms with Crippen LogP contribution in [0, 0.1) is 6.92 Å². The van der Waals surface area contributed by atoms with Gasteiger partial charge in [-0.3, -0.25) is 9.78 Å². The van der Waals surface area contributed by atoms with Gasteiger partial charge in [0.1, 0.15) is 5.75 Å². The Labute approximate surface area is 135 Å². The summed E-state index contributed by atoms with van der Waals surface area (Å²) in [6.45, 7) is 1.81. The van der Waals surface area contributed by atoms with Gasteiger partial charge in [-0.15, -0.1) is 13.2 Å². The summed E-state index contributed by atoms with van der Waals surface area (Å²) < 4.78 is 40.6. The number of ether oxygens (including phenoxy) is 1. The van der Waals surface area contributed by atoms with Gasteiger partial charge in [0.05, 0.1) is 5.52 Å². The molecule has 3 rings (SSSR count). The zero-order valence-electron chi connectivity index (χ0n) is 12.6. The van der Waals surface area contributed by atoms with Crippen LogP contribution in [0.5, 0.6) is 5.75 Å². The lowest BCUT2D eigenvalue weighted by Gasteiger charge is -2.12. The van der Waals surface area contributed by atoms with Crippen molar-refractivity contribution in [2.75, 3.05) is 0 Å². The van der Waals surface area contributed by atoms with Crippen LogP contribution < -0.4 is 4.74 Å². The standard InChI is InChI=1S/C18H12F3NO2/c1-11-9-15(17-14(16(11)10-23)3-2-8-22-17)12-4-6-13(7-5-12)24-18(19,20)21/h2-10H,1H3. The molecule has 0 aliphatic heterocycles. The lowest BCUT2D eigenvalue weighted by molar-refractivity contribution is -0.274. The van der Waals surface area contributed by atoms with Crippen LogP contribution in [0.2, 0.25) is 0 Å². The summed E-state index contributed by atoms with van der Waals surface area (Å²) in [6, 6.07) is 10.9. The first-order valence-electron chi connectivity index (χ1n) is 7.09. The molecule has 1 heterocycles. The first-order chi connectivity index (χ1) is 11.4. The van der Waals surface area contributed by atoms with E-state index in [1.54, 1.807) is 31.3 Å². The van der Waals surface area contributed by atoms with Gasteiger partial charge in [0.2, 0.25) is 0 Å². The van der Waals surface area contributed by atoms with Crippen LogP contribution in [0.3, 0.4) is 0 Å². The number of aldehydes is 1. The second kappa shape index (κ2) is 5.96. The van der Waals surface area contributed by atoms with E-state index in [9.17, 15) is 18.0 Å². The normalized spacial score (nSPS) is 11.5. The van der Waals surface area contributed by atoms with Crippen molar-refractivity contribution in [2.45, 2.75) is 13.3 Å². The number of hydrogen-bond acceptors (Lipinski definition) is 3. The number of alkyl halides is 3. The van der Waals surface area contributed by atoms with Gasteiger partial charge in [-0.2, -0.15) is 0 Å². The molecule has 0 N–H and O–H groups in total. The van der Waals surface area contributed by atoms with Crippen molar-refractivity contribution in [1.29, 1.82) is 0 Å². The Morgan fingerprint density at radius 3 is 2.46 bits per heavy atom. The number of aromatic nitrogens is 1. The highest BCUT2D eigenvalue weighted by atomic mass is 19.4. The number of rotatable bonds is 3. The minimum Gasteiger partial charge on any atom is -0.406 e. The van der Waals surface area contributed by atoms with E-state index in [0.29, 0.717) is 22.0 Å². The van der Waals surface area contributed by atoms with Crippen molar-refractivity contribution in [3.05, 3.63) is 59.8 Å². The average molecular weight is 331 g/mol. The number of aryl methyl sites for hydroxylation is 1. The van der Waals surface area contributed by atoms with Crippen molar-refractivity contribution in [1.82, 2.24) is 4.98 Å². The molecule has 0 saturated heterocycles. The summed E-state index contributed by atoms with van der Waals surface area (Å²) in [5, 5.41) is 0.707. The molecule has 122 valence electrons. The predicted octanol–water partition coefficient (Wildman–Crippen LogP) is 4.92. The van der Waals surface area contributed by atoms with Gasteiger partial charge in [-0.25, -0.2) is 0 Å². The molecular formula is C18H12F3NO2. The number of halogens is 3. The highest BCUT2D eigenvalue weighted by Gasteiger charge is 2.31. The Hall–Kier alpha value is -2.89. The van der Waals surface area contributed by atoms with Gasteiger partial charge in [0.25, 0.3) is 0 Å². The zero-order chi connectivity index (χ0) is 17.3. The fourth-order valence-corrected chi connectivity index (χ4v) is 2.62. The van der Waals surface area contributed by atoms with E-state index in [1.165, 1.54) is 24.3 Å². The van der Waals surface area contributed by atoms with E-state index in [4.69, 9.17) is 0 Å². The zero-order valence-corrected chi connectivity index (χ0v) is 12.6. The molecular weight excluding hydrogens is 319 g/mol. The summed E-state index contributed by atoms with van der Waals surface area (Å²) >= 11 is 0. The van der Waals surface area contributed by atoms with Crippen molar-refractivity contribution in [3.63, 3.8) is 0 Å². The molecule has 0 spiro atoms. The Kier molecular flexibility index (Phi) is 3.97. The Morgan fingerprint density at radius 2 is 1.83 bits per heavy atom. The molecule has 0 unspecified atom stereocenters. The minimum absolute atomic E-state index is 0.287. The number of fused-ring (bicyclic) bond motifs is 1. The molecule has 0 aliphatic carbocycles. The Morgan fingerprint density at radius 1 is 1.12 bits per heavy atom. The highest BCUT2D eigenvalue weighted by Crippen LogP contribution is 2.32. The van der Waals surface area contributed by atoms with E-state index in [0.717, 1.165) is 17.4 Å². The van der Waals surface area contributed by atoms with Crippen molar-refractivity contribution in [3.8, 4) is 16.9 Å². The third-order valence-electron chi connectivity index (χ3n) is 3.66. The van der Waals surface area contributed by atoms with Gasteiger partial charge in [0.15, 0.2) is 6.29 Å². The van der Waals surface area contributed by atoms with Gasteiger partial charge >= 0.3 is 6.36 Å². The topological polar surface area (TPSA) is 39.2 Å². The lowest BCUT2D eigenvalue weighted by atomic mass is 9.95. The smallest absolute Gasteiger partial charge is 0.406 e. The summed E-state index contributed by atoms with van der Waals surface area (Å²) in [5.74, 6) is -0.287. The van der Waals surface area contributed by atoms with Crippen LogP contribution in [0.15, 0.2) is 48.7 Å². The molecule has 1 aromatic heterocycles. The molecule has 0 amide bonds. The van der Waals surface area contributed by atoms with Crippen LogP contribution >= 0.6 is 0 Å². The van der Waals surface area contributed by atoms with E-state index < -0.39 is 6.36 Å². The molecule has 0 aliphatic rings. The first-order valence-corrected chi connectivity index (χ1v) is 7.09. The quantitative estimate of drug-likeness (QED) is 0.639. The van der Waals surface area contributed by atoms with E-state index >= 15 is 0 Å². The second-order valence-electron chi connectivity index (χ2n) is 5.24. The van der Waals surface area contributed by atoms with Crippen molar-refractivity contribution in [2.24, 2.45) is 0 Å². The number of carbonyl (C=O) groups is 1. The summed E-state index contributed by atoms with van der Waals surface area (Å²) in [4.78, 5) is 15.6. The lowest BCUT2D eigenvalue weighted by Crippen LogP contribution is -2.16. The van der Waals surface area contributed by atoms with E-state index in [-0.39, 0.29) is 5.75 Å². The molecule has 0 bridgehead atoms. The van der Waals surface area contributed by atoms with Crippen LogP contribution in [-0.4, -0.2) is 17.6 Å². The van der Waals surface area contributed by atoms with Gasteiger partial charge < -0.3 is 4.74 Å². The molecule has 0 atom stereocenters. The first kappa shape index (κ1) is 16.0. The number of carbonyl (C=O) groups excluding carboxylic acids is 1. The third kappa shape index (κ3) is 3.08. The van der Waals surface area contributed by atoms with Gasteiger partial charge in [-0.1, -0.05) is 18.2 Å². The van der Waals surface area contributed by atoms with Crippen LogP contribution in [-0.2, 0) is 0 Å². The monoisotopic (exact) mass is 331 g/mol. The predicted molar refractivity (Wildman–Crippen MR) is 84.0 cm³/mol. The maximum Gasteiger partial charge on any atom is 0.573 e. The largest absolute Gasteiger partial charge is 0.573 e. The second-order valence-corrected chi connectivity index (χ2v) is 5.24. The summed E-state index contributed by atoms with van der Waals surface area (Å²) in [7, 11) is 0. The fraction of sp³-hybridized carbons (Fsp3) is 0.111. The summed E-state index contributed by atoms with van der Waals surface area (Å²) in [5.41, 5.74) is 3.38. The van der Waals surface area contributed by atoms with Gasteiger partial charge in [-0.05, 0) is 42.3 Å².